The first-order valence-corrected chi connectivity index (χ1v) is 10.6. The van der Waals surface area contributed by atoms with Crippen molar-refractivity contribution in [3.05, 3.63) is 48.2 Å². The van der Waals surface area contributed by atoms with Gasteiger partial charge in [0.25, 0.3) is 0 Å². The second-order valence-corrected chi connectivity index (χ2v) is 7.99. The average molecular weight is 409 g/mol. The minimum atomic E-state index is -0.437. The third-order valence-electron chi connectivity index (χ3n) is 5.62. The normalized spacial score (nSPS) is 19.6. The molecular formula is C23H28N4O3. The number of pyridine rings is 1. The molecule has 1 aromatic carbocycles. The highest BCUT2D eigenvalue weighted by Crippen LogP contribution is 2.24. The zero-order chi connectivity index (χ0) is 20.9. The minimum absolute atomic E-state index is 0.145. The number of nitrogens with one attached hydrogen (secondary N) is 1. The quantitative estimate of drug-likeness (QED) is 0.795. The van der Waals surface area contributed by atoms with Gasteiger partial charge in [-0.25, -0.2) is 9.78 Å². The first kappa shape index (κ1) is 20.3. The molecule has 2 aliphatic rings. The van der Waals surface area contributed by atoms with Crippen molar-refractivity contribution in [2.45, 2.75) is 38.8 Å². The van der Waals surface area contributed by atoms with Crippen molar-refractivity contribution in [3.8, 4) is 11.1 Å². The Balaban J connectivity index is 1.37. The lowest BCUT2D eigenvalue weighted by Gasteiger charge is -2.26. The molecule has 0 spiro atoms. The van der Waals surface area contributed by atoms with Gasteiger partial charge in [-0.2, -0.15) is 0 Å². The number of ether oxygens (including phenoxy) is 1. The van der Waals surface area contributed by atoms with E-state index < -0.39 is 6.09 Å². The van der Waals surface area contributed by atoms with Crippen LogP contribution < -0.4 is 10.2 Å². The van der Waals surface area contributed by atoms with Crippen LogP contribution in [0.15, 0.2) is 42.6 Å². The SMILES string of the molecule is CC(=O)NCC1CN(c2ccc(-c3ccc(CN4CCCCC4)cc3)cn2)C(=O)O1. The summed E-state index contributed by atoms with van der Waals surface area (Å²) in [6, 6.07) is 12.4. The monoisotopic (exact) mass is 408 g/mol. The number of likely N-dealkylation sites (tertiary alicyclic amines) is 1. The van der Waals surface area contributed by atoms with E-state index in [2.05, 4.69) is 39.5 Å². The highest BCUT2D eigenvalue weighted by Gasteiger charge is 2.33. The standard InChI is InChI=1S/C23H28N4O3/c1-17(28)24-14-21-16-27(23(29)30-21)22-10-9-20(13-25-22)19-7-5-18(6-8-19)15-26-11-3-2-4-12-26/h5-10,13,21H,2-4,11-12,14-16H2,1H3,(H,24,28). The Morgan fingerprint density at radius 2 is 1.83 bits per heavy atom. The van der Waals surface area contributed by atoms with Crippen LogP contribution in [0.3, 0.4) is 0 Å². The second kappa shape index (κ2) is 9.26. The van der Waals surface area contributed by atoms with Crippen molar-refractivity contribution < 1.29 is 14.3 Å². The van der Waals surface area contributed by atoms with Gasteiger partial charge in [-0.3, -0.25) is 14.6 Å². The van der Waals surface area contributed by atoms with Gasteiger partial charge in [0.15, 0.2) is 0 Å². The van der Waals surface area contributed by atoms with Crippen LogP contribution in [-0.4, -0.2) is 54.2 Å². The molecule has 0 saturated carbocycles. The third kappa shape index (κ3) is 4.97. The molecule has 2 amide bonds. The molecule has 7 nitrogen and oxygen atoms in total. The van der Waals surface area contributed by atoms with Crippen molar-refractivity contribution in [1.29, 1.82) is 0 Å². The first-order valence-electron chi connectivity index (χ1n) is 10.6. The fourth-order valence-electron chi connectivity index (χ4n) is 3.97. The van der Waals surface area contributed by atoms with Crippen LogP contribution in [0.5, 0.6) is 0 Å². The topological polar surface area (TPSA) is 74.8 Å². The summed E-state index contributed by atoms with van der Waals surface area (Å²) >= 11 is 0. The van der Waals surface area contributed by atoms with Crippen LogP contribution in [0.2, 0.25) is 0 Å². The molecule has 0 radical (unpaired) electrons. The van der Waals surface area contributed by atoms with Gasteiger partial charge in [0, 0.05) is 25.2 Å². The van der Waals surface area contributed by atoms with Gasteiger partial charge >= 0.3 is 6.09 Å². The van der Waals surface area contributed by atoms with Crippen LogP contribution in [0.25, 0.3) is 11.1 Å². The number of anilines is 1. The molecule has 0 bridgehead atoms. The van der Waals surface area contributed by atoms with E-state index in [0.717, 1.165) is 17.7 Å². The number of carbonyl (C=O) groups is 2. The van der Waals surface area contributed by atoms with Crippen molar-refractivity contribution in [1.82, 2.24) is 15.2 Å². The largest absolute Gasteiger partial charge is 0.442 e. The van der Waals surface area contributed by atoms with Crippen LogP contribution in [-0.2, 0) is 16.1 Å². The maximum absolute atomic E-state index is 12.1. The fraction of sp³-hybridized carbons (Fsp3) is 0.435. The number of aromatic nitrogens is 1. The number of nitrogens with zero attached hydrogens (tertiary/aromatic N) is 3. The van der Waals surface area contributed by atoms with E-state index in [0.29, 0.717) is 18.9 Å². The van der Waals surface area contributed by atoms with Gasteiger partial charge in [-0.1, -0.05) is 30.7 Å². The predicted molar refractivity (Wildman–Crippen MR) is 115 cm³/mol. The number of hydrogen-bond acceptors (Lipinski definition) is 5. The van der Waals surface area contributed by atoms with Crippen molar-refractivity contribution in [3.63, 3.8) is 0 Å². The molecule has 0 aliphatic carbocycles. The molecule has 4 rings (SSSR count). The first-order chi connectivity index (χ1) is 14.6. The molecule has 1 unspecified atom stereocenters. The number of rotatable bonds is 6. The summed E-state index contributed by atoms with van der Waals surface area (Å²) in [4.78, 5) is 31.7. The van der Waals surface area contributed by atoms with E-state index in [-0.39, 0.29) is 12.0 Å². The summed E-state index contributed by atoms with van der Waals surface area (Å²) in [5.74, 6) is 0.407. The maximum atomic E-state index is 12.1. The van der Waals surface area contributed by atoms with Crippen molar-refractivity contribution in [2.75, 3.05) is 31.1 Å². The number of carbonyl (C=O) groups excluding carboxylic acids is 2. The molecular weight excluding hydrogens is 380 g/mol. The molecule has 2 saturated heterocycles. The molecule has 1 N–H and O–H groups in total. The summed E-state index contributed by atoms with van der Waals surface area (Å²) in [6.07, 6.45) is 4.93. The van der Waals surface area contributed by atoms with Crippen LogP contribution in [0.1, 0.15) is 31.7 Å². The highest BCUT2D eigenvalue weighted by molar-refractivity contribution is 5.88. The second-order valence-electron chi connectivity index (χ2n) is 7.99. The van der Waals surface area contributed by atoms with Gasteiger partial charge in [-0.15, -0.1) is 0 Å². The van der Waals surface area contributed by atoms with E-state index >= 15 is 0 Å². The summed E-state index contributed by atoms with van der Waals surface area (Å²) in [5.41, 5.74) is 3.44. The number of hydrogen-bond donors (Lipinski definition) is 1. The molecule has 3 heterocycles. The Bertz CT molecular complexity index is 876. The van der Waals surface area contributed by atoms with Crippen LogP contribution in [0.4, 0.5) is 10.6 Å². The van der Waals surface area contributed by atoms with Gasteiger partial charge in [-0.05, 0) is 49.2 Å². The van der Waals surface area contributed by atoms with E-state index in [9.17, 15) is 9.59 Å². The van der Waals surface area contributed by atoms with E-state index in [1.165, 1.54) is 49.7 Å². The zero-order valence-electron chi connectivity index (χ0n) is 17.3. The highest BCUT2D eigenvalue weighted by atomic mass is 16.6. The zero-order valence-corrected chi connectivity index (χ0v) is 17.3. The van der Waals surface area contributed by atoms with Crippen molar-refractivity contribution >= 4 is 17.8 Å². The minimum Gasteiger partial charge on any atom is -0.442 e. The summed E-state index contributed by atoms with van der Waals surface area (Å²) < 4.78 is 5.30. The van der Waals surface area contributed by atoms with Crippen LogP contribution >= 0.6 is 0 Å². The Kier molecular flexibility index (Phi) is 6.28. The smallest absolute Gasteiger partial charge is 0.416 e. The van der Waals surface area contributed by atoms with Gasteiger partial charge in [0.2, 0.25) is 5.91 Å². The van der Waals surface area contributed by atoms with E-state index in [1.54, 1.807) is 6.20 Å². The number of benzene rings is 1. The molecule has 1 atom stereocenters. The van der Waals surface area contributed by atoms with Gasteiger partial charge in [0.05, 0.1) is 13.1 Å². The predicted octanol–water partition coefficient (Wildman–Crippen LogP) is 3.20. The van der Waals surface area contributed by atoms with Crippen LogP contribution in [0, 0.1) is 0 Å². The molecule has 2 aromatic rings. The lowest BCUT2D eigenvalue weighted by Crippen LogP contribution is -2.33. The van der Waals surface area contributed by atoms with Gasteiger partial charge < -0.3 is 10.1 Å². The van der Waals surface area contributed by atoms with Crippen molar-refractivity contribution in [2.24, 2.45) is 0 Å². The lowest BCUT2D eigenvalue weighted by atomic mass is 10.0. The summed E-state index contributed by atoms with van der Waals surface area (Å²) in [6.45, 7) is 5.51. The molecule has 7 heteroatoms. The lowest BCUT2D eigenvalue weighted by molar-refractivity contribution is -0.119. The number of amides is 2. The Labute approximate surface area is 177 Å². The van der Waals surface area contributed by atoms with E-state index in [1.807, 2.05) is 12.1 Å². The molecule has 2 fully saturated rings. The average Bonchev–Trinajstić information content (AvgIpc) is 3.14. The van der Waals surface area contributed by atoms with E-state index in [4.69, 9.17) is 4.74 Å². The fourth-order valence-corrected chi connectivity index (χ4v) is 3.97. The third-order valence-corrected chi connectivity index (χ3v) is 5.62. The molecule has 30 heavy (non-hydrogen) atoms. The Morgan fingerprint density at radius 3 is 2.50 bits per heavy atom. The number of piperidine rings is 1. The summed E-state index contributed by atoms with van der Waals surface area (Å²) in [5, 5.41) is 2.67. The molecule has 2 aliphatic heterocycles. The Hall–Kier alpha value is -2.93. The molecule has 158 valence electrons. The summed E-state index contributed by atoms with van der Waals surface area (Å²) in [7, 11) is 0. The maximum Gasteiger partial charge on any atom is 0.416 e. The van der Waals surface area contributed by atoms with Gasteiger partial charge in [0.1, 0.15) is 11.9 Å². The number of cyclic esters (lactones) is 1. The Morgan fingerprint density at radius 1 is 1.10 bits per heavy atom. The molecule has 1 aromatic heterocycles.